The van der Waals surface area contributed by atoms with Gasteiger partial charge in [-0.2, -0.15) is 18.4 Å². The van der Waals surface area contributed by atoms with Crippen LogP contribution in [0.15, 0.2) is 32.9 Å². The van der Waals surface area contributed by atoms with Crippen molar-refractivity contribution in [1.82, 2.24) is 25.3 Å². The molecule has 17 heteroatoms. The van der Waals surface area contributed by atoms with Gasteiger partial charge in [-0.1, -0.05) is 31.0 Å². The second-order valence-electron chi connectivity index (χ2n) is 8.02. The highest BCUT2D eigenvalue weighted by atomic mass is 32.2. The minimum Gasteiger partial charge on any atom is -0.338 e. The van der Waals surface area contributed by atoms with Crippen LogP contribution >= 0.6 is 11.8 Å². The second-order valence-corrected chi connectivity index (χ2v) is 10.8. The van der Waals surface area contributed by atoms with E-state index in [1.165, 1.54) is 4.72 Å². The number of halogens is 3. The Hall–Kier alpha value is -3.23. The van der Waals surface area contributed by atoms with Gasteiger partial charge >= 0.3 is 6.18 Å². The monoisotopic (exact) mass is 561 g/mol. The number of nitrogens with one attached hydrogen (secondary N) is 3. The van der Waals surface area contributed by atoms with Crippen LogP contribution in [0, 0.1) is 17.2 Å². The molecule has 37 heavy (non-hydrogen) atoms. The van der Waals surface area contributed by atoms with Gasteiger partial charge in [0.2, 0.25) is 21.6 Å². The molecule has 0 radical (unpaired) electrons. The highest BCUT2D eigenvalue weighted by molar-refractivity contribution is 7.99. The Morgan fingerprint density at radius 2 is 1.95 bits per heavy atom. The molecule has 3 N–H and O–H groups in total. The molecule has 2 heterocycles. The predicted molar refractivity (Wildman–Crippen MR) is 123 cm³/mol. The molecule has 0 spiro atoms. The van der Waals surface area contributed by atoms with Crippen LogP contribution in [0.25, 0.3) is 0 Å². The molecule has 1 aliphatic carbocycles. The van der Waals surface area contributed by atoms with Crippen molar-refractivity contribution < 1.29 is 35.8 Å². The third kappa shape index (κ3) is 8.13. The molecule has 0 unspecified atom stereocenters. The van der Waals surface area contributed by atoms with Crippen molar-refractivity contribution in [2.45, 2.75) is 54.2 Å². The summed E-state index contributed by atoms with van der Waals surface area (Å²) < 4.78 is 67.1. The van der Waals surface area contributed by atoms with Crippen molar-refractivity contribution in [3.8, 4) is 6.07 Å². The van der Waals surface area contributed by atoms with Crippen LogP contribution in [0.5, 0.6) is 0 Å². The summed E-state index contributed by atoms with van der Waals surface area (Å²) in [5.74, 6) is -1.62. The number of amides is 2. The van der Waals surface area contributed by atoms with E-state index >= 15 is 0 Å². The summed E-state index contributed by atoms with van der Waals surface area (Å²) in [6.07, 6.45) is 0.110. The van der Waals surface area contributed by atoms with E-state index in [0.29, 0.717) is 12.8 Å². The Bertz CT molecular complexity index is 1240. The molecule has 3 rings (SSSR count). The topological polar surface area (TPSA) is 180 Å². The van der Waals surface area contributed by atoms with Gasteiger partial charge in [0.15, 0.2) is 5.03 Å². The standard InChI is InChI=1S/C20H22F3N7O5S2/c21-20(22,23)11-26-37(33,34)13-6-7-14(25-10-13)27-17(31)15(12-4-2-1-3-5-12)28-18(32)16-19(30-35-29-16)36-9-8-24/h6-7,10,12,15,26H,1-5,9,11H2,(H,28,32)(H,25,27,31)/t15-/m0/s1. The average molecular weight is 562 g/mol. The van der Waals surface area contributed by atoms with E-state index in [9.17, 15) is 31.2 Å². The van der Waals surface area contributed by atoms with Crippen LogP contribution in [0.3, 0.4) is 0 Å². The van der Waals surface area contributed by atoms with Crippen LogP contribution in [0.4, 0.5) is 19.0 Å². The van der Waals surface area contributed by atoms with Crippen molar-refractivity contribution in [1.29, 1.82) is 5.26 Å². The Morgan fingerprint density at radius 1 is 1.22 bits per heavy atom. The molecule has 2 aromatic rings. The zero-order valence-electron chi connectivity index (χ0n) is 19.1. The highest BCUT2D eigenvalue weighted by Gasteiger charge is 2.33. The lowest BCUT2D eigenvalue weighted by molar-refractivity contribution is -0.121. The number of carbonyl (C=O) groups excluding carboxylic acids is 2. The molecule has 1 aliphatic rings. The first-order chi connectivity index (χ1) is 17.5. The largest absolute Gasteiger partial charge is 0.402 e. The molecule has 0 bridgehead atoms. The van der Waals surface area contributed by atoms with E-state index in [0.717, 1.165) is 49.4 Å². The molecule has 2 amide bonds. The summed E-state index contributed by atoms with van der Waals surface area (Å²) in [7, 11) is -4.47. The predicted octanol–water partition coefficient (Wildman–Crippen LogP) is 2.24. The van der Waals surface area contributed by atoms with E-state index in [1.54, 1.807) is 0 Å². The number of thioether (sulfide) groups is 1. The number of aromatic nitrogens is 3. The Balaban J connectivity index is 1.73. The zero-order valence-corrected chi connectivity index (χ0v) is 20.7. The van der Waals surface area contributed by atoms with Crippen LogP contribution in [-0.2, 0) is 14.8 Å². The van der Waals surface area contributed by atoms with Crippen LogP contribution in [0.1, 0.15) is 42.6 Å². The molecular weight excluding hydrogens is 539 g/mol. The van der Waals surface area contributed by atoms with Gasteiger partial charge in [-0.25, -0.2) is 22.8 Å². The van der Waals surface area contributed by atoms with Gasteiger partial charge in [-0.05, 0) is 41.2 Å². The number of anilines is 1. The Morgan fingerprint density at radius 3 is 2.57 bits per heavy atom. The van der Waals surface area contributed by atoms with E-state index in [-0.39, 0.29) is 28.2 Å². The van der Waals surface area contributed by atoms with Crippen molar-refractivity contribution >= 4 is 39.4 Å². The number of nitriles is 1. The molecule has 0 saturated heterocycles. The van der Waals surface area contributed by atoms with Gasteiger partial charge in [-0.15, -0.1) is 0 Å². The second kappa shape index (κ2) is 12.3. The number of carbonyl (C=O) groups is 2. The minimum absolute atomic E-state index is 0.00411. The van der Waals surface area contributed by atoms with Crippen molar-refractivity contribution in [3.05, 3.63) is 24.0 Å². The van der Waals surface area contributed by atoms with Crippen LogP contribution in [-0.4, -0.2) is 60.0 Å². The lowest BCUT2D eigenvalue weighted by atomic mass is 9.83. The third-order valence-corrected chi connectivity index (χ3v) is 7.60. The molecule has 1 saturated carbocycles. The number of sulfonamides is 1. The quantitative estimate of drug-likeness (QED) is 0.364. The summed E-state index contributed by atoms with van der Waals surface area (Å²) >= 11 is 0.947. The first-order valence-corrected chi connectivity index (χ1v) is 13.4. The number of hydrogen-bond acceptors (Lipinski definition) is 10. The Labute approximate surface area is 213 Å². The van der Waals surface area contributed by atoms with Gasteiger partial charge in [0.05, 0.1) is 11.8 Å². The fraction of sp³-hybridized carbons (Fsp3) is 0.500. The van der Waals surface area contributed by atoms with Crippen molar-refractivity contribution in [3.63, 3.8) is 0 Å². The van der Waals surface area contributed by atoms with E-state index in [1.807, 2.05) is 6.07 Å². The number of pyridine rings is 1. The van der Waals surface area contributed by atoms with Crippen molar-refractivity contribution in [2.75, 3.05) is 17.6 Å². The third-order valence-electron chi connectivity index (χ3n) is 5.40. The van der Waals surface area contributed by atoms with Gasteiger partial charge in [0.1, 0.15) is 23.3 Å². The smallest absolute Gasteiger partial charge is 0.338 e. The number of alkyl halides is 3. The number of nitrogens with zero attached hydrogens (tertiary/aromatic N) is 4. The van der Waals surface area contributed by atoms with Gasteiger partial charge in [0, 0.05) is 6.20 Å². The Kier molecular flexibility index (Phi) is 9.45. The zero-order chi connectivity index (χ0) is 27.1. The SMILES string of the molecule is N#CCSc1nonc1C(=O)N[C@H](C(=O)Nc1ccc(S(=O)(=O)NCC(F)(F)F)cn1)C1CCCCC1. The first kappa shape index (κ1) is 28.3. The molecular formula is C20H22F3N7O5S2. The first-order valence-electron chi connectivity index (χ1n) is 11.0. The summed E-state index contributed by atoms with van der Waals surface area (Å²) in [5.41, 5.74) is -0.173. The number of rotatable bonds is 10. The molecule has 200 valence electrons. The maximum Gasteiger partial charge on any atom is 0.402 e. The summed E-state index contributed by atoms with van der Waals surface area (Å²) in [5, 5.41) is 21.2. The van der Waals surface area contributed by atoms with E-state index in [2.05, 4.69) is 30.6 Å². The fourth-order valence-corrected chi connectivity index (χ4v) is 5.18. The average Bonchev–Trinajstić information content (AvgIpc) is 3.34. The minimum atomic E-state index is -4.73. The normalized spacial score (nSPS) is 15.5. The van der Waals surface area contributed by atoms with E-state index in [4.69, 9.17) is 5.26 Å². The molecule has 12 nitrogen and oxygen atoms in total. The molecule has 1 atom stereocenters. The molecule has 0 aliphatic heterocycles. The maximum absolute atomic E-state index is 13.1. The van der Waals surface area contributed by atoms with Gasteiger partial charge in [-0.3, -0.25) is 9.59 Å². The summed E-state index contributed by atoms with van der Waals surface area (Å²) in [4.78, 5) is 29.3. The maximum atomic E-state index is 13.1. The molecule has 2 aromatic heterocycles. The van der Waals surface area contributed by atoms with Crippen LogP contribution < -0.4 is 15.4 Å². The fourth-order valence-electron chi connectivity index (χ4n) is 3.67. The molecule has 1 fully saturated rings. The molecule has 0 aromatic carbocycles. The number of hydrogen-bond donors (Lipinski definition) is 3. The lowest BCUT2D eigenvalue weighted by Crippen LogP contribution is -2.49. The van der Waals surface area contributed by atoms with Gasteiger partial charge < -0.3 is 10.6 Å². The highest BCUT2D eigenvalue weighted by Crippen LogP contribution is 2.28. The van der Waals surface area contributed by atoms with Crippen LogP contribution in [0.2, 0.25) is 0 Å². The van der Waals surface area contributed by atoms with Crippen molar-refractivity contribution in [2.24, 2.45) is 5.92 Å². The van der Waals surface area contributed by atoms with Gasteiger partial charge in [0.25, 0.3) is 5.91 Å². The van der Waals surface area contributed by atoms with E-state index < -0.39 is 45.5 Å². The summed E-state index contributed by atoms with van der Waals surface area (Å²) in [6.45, 7) is -1.74. The lowest BCUT2D eigenvalue weighted by Gasteiger charge is -2.29. The summed E-state index contributed by atoms with van der Waals surface area (Å²) in [6, 6.07) is 3.01.